The van der Waals surface area contributed by atoms with E-state index in [-0.39, 0.29) is 25.7 Å². The van der Waals surface area contributed by atoms with E-state index in [1.165, 1.54) is 24.9 Å². The van der Waals surface area contributed by atoms with Gasteiger partial charge < -0.3 is 5.11 Å². The van der Waals surface area contributed by atoms with E-state index in [1.807, 2.05) is 18.5 Å². The van der Waals surface area contributed by atoms with Gasteiger partial charge in [0.1, 0.15) is 5.03 Å². The van der Waals surface area contributed by atoms with E-state index in [0.29, 0.717) is 6.04 Å². The molecule has 140 valence electrons. The highest BCUT2D eigenvalue weighted by Gasteiger charge is 2.29. The van der Waals surface area contributed by atoms with Crippen LogP contribution in [0.4, 0.5) is 0 Å². The summed E-state index contributed by atoms with van der Waals surface area (Å²) in [7, 11) is 2.19. The third-order valence-corrected chi connectivity index (χ3v) is 6.17. The normalized spacial score (nSPS) is 20.4. The Labute approximate surface area is 176 Å². The smallest absolute Gasteiger partial charge is 0.348 e. The first-order chi connectivity index (χ1) is 12.3. The Hall–Kier alpha value is -0.750. The van der Waals surface area contributed by atoms with Crippen molar-refractivity contribution in [1.29, 1.82) is 0 Å². The van der Waals surface area contributed by atoms with Gasteiger partial charge in [-0.1, -0.05) is 64.1 Å². The maximum Gasteiger partial charge on any atom is 0.348 e. The maximum absolute atomic E-state index is 10.6. The van der Waals surface area contributed by atoms with Gasteiger partial charge in [-0.3, -0.25) is 9.88 Å². The largest absolute Gasteiger partial charge is 0.477 e. The number of halogens is 5. The molecule has 1 aromatic rings. The summed E-state index contributed by atoms with van der Waals surface area (Å²) in [4.78, 5) is 17.1. The zero-order chi connectivity index (χ0) is 19.4. The molecule has 1 aromatic heterocycles. The molecule has 0 amide bonds. The molecule has 1 N–H and O–H groups in total. The lowest BCUT2D eigenvalue weighted by Crippen LogP contribution is -2.17. The predicted molar refractivity (Wildman–Crippen MR) is 107 cm³/mol. The Morgan fingerprint density at radius 2 is 1.81 bits per heavy atom. The molecule has 1 aliphatic carbocycles. The van der Waals surface area contributed by atoms with Gasteiger partial charge >= 0.3 is 5.97 Å². The van der Waals surface area contributed by atoms with Gasteiger partial charge in [0.2, 0.25) is 0 Å². The molecule has 4 nitrogen and oxygen atoms in total. The van der Waals surface area contributed by atoms with Crippen LogP contribution in [0, 0.1) is 0 Å². The summed E-state index contributed by atoms with van der Waals surface area (Å²) < 4.78 is 0. The van der Waals surface area contributed by atoms with E-state index < -0.39 is 11.0 Å². The van der Waals surface area contributed by atoms with Crippen LogP contribution >= 0.6 is 58.0 Å². The molecule has 0 spiro atoms. The van der Waals surface area contributed by atoms with E-state index in [0.717, 1.165) is 0 Å². The zero-order valence-corrected chi connectivity index (χ0v) is 17.4. The Morgan fingerprint density at radius 1 is 1.19 bits per heavy atom. The van der Waals surface area contributed by atoms with Gasteiger partial charge in [-0.05, 0) is 38.1 Å². The number of hydrogen-bond acceptors (Lipinski definition) is 3. The molecule has 1 unspecified atom stereocenters. The molecule has 0 radical (unpaired) electrons. The van der Waals surface area contributed by atoms with Crippen molar-refractivity contribution < 1.29 is 9.90 Å². The molecular formula is C17H15Cl5N2O2. The minimum atomic E-state index is -1.35. The van der Waals surface area contributed by atoms with Gasteiger partial charge in [0, 0.05) is 24.0 Å². The SMILES string of the molecule is CN1CCCC1c1cccnc1.O=C(O)C(Cl)=C1C(Cl)=C(Cl)C(Cl)=C1Cl. The third-order valence-electron chi connectivity index (χ3n) is 4.01. The molecule has 0 aromatic carbocycles. The summed E-state index contributed by atoms with van der Waals surface area (Å²) in [6.07, 6.45) is 6.41. The Morgan fingerprint density at radius 3 is 2.23 bits per heavy atom. The first kappa shape index (κ1) is 21.5. The minimum absolute atomic E-state index is 0.00673. The lowest BCUT2D eigenvalue weighted by Gasteiger charge is -2.18. The number of carboxylic acids is 1. The van der Waals surface area contributed by atoms with Gasteiger partial charge in [0.05, 0.1) is 20.1 Å². The number of aromatic nitrogens is 1. The van der Waals surface area contributed by atoms with Crippen molar-refractivity contribution >= 4 is 64.0 Å². The molecule has 1 fully saturated rings. The van der Waals surface area contributed by atoms with Crippen molar-refractivity contribution in [2.24, 2.45) is 0 Å². The van der Waals surface area contributed by atoms with Gasteiger partial charge in [-0.25, -0.2) is 4.79 Å². The van der Waals surface area contributed by atoms with Gasteiger partial charge in [0.15, 0.2) is 0 Å². The number of carbonyl (C=O) groups is 1. The fraction of sp³-hybridized carbons (Fsp3) is 0.294. The monoisotopic (exact) mass is 454 g/mol. The summed E-state index contributed by atoms with van der Waals surface area (Å²) in [6, 6.07) is 4.79. The molecule has 9 heteroatoms. The molecule has 1 atom stereocenters. The van der Waals surface area contributed by atoms with Crippen molar-refractivity contribution in [3.05, 3.63) is 60.8 Å². The highest BCUT2D eigenvalue weighted by atomic mass is 35.5. The van der Waals surface area contributed by atoms with Crippen LogP contribution in [0.25, 0.3) is 0 Å². The van der Waals surface area contributed by atoms with Crippen LogP contribution in [0.15, 0.2) is 55.3 Å². The fourth-order valence-electron chi connectivity index (χ4n) is 2.71. The third kappa shape index (κ3) is 4.75. The molecule has 3 rings (SSSR count). The number of pyridine rings is 1. The zero-order valence-electron chi connectivity index (χ0n) is 13.6. The van der Waals surface area contributed by atoms with Crippen molar-refractivity contribution in [3.8, 4) is 0 Å². The lowest BCUT2D eigenvalue weighted by molar-refractivity contribution is -0.131. The average molecular weight is 457 g/mol. The molecular weight excluding hydrogens is 441 g/mol. The molecule has 2 heterocycles. The standard InChI is InChI=1S/C10H14N2.C7HCl5O2/c1-12-7-3-5-10(12)9-4-2-6-11-8-9;8-2-1(4(10)7(13)14)3(9)6(12)5(2)11/h2,4,6,8,10H,3,5,7H2,1H3;(H,13,14). The minimum Gasteiger partial charge on any atom is -0.477 e. The number of nitrogens with zero attached hydrogens (tertiary/aromatic N) is 2. The molecule has 0 saturated carbocycles. The van der Waals surface area contributed by atoms with Crippen LogP contribution in [0.1, 0.15) is 24.4 Å². The van der Waals surface area contributed by atoms with Crippen LogP contribution in [0.5, 0.6) is 0 Å². The molecule has 1 aliphatic heterocycles. The van der Waals surface area contributed by atoms with E-state index in [2.05, 4.69) is 23.0 Å². The number of rotatable bonds is 2. The predicted octanol–water partition coefficient (Wildman–Crippen LogP) is 5.80. The highest BCUT2D eigenvalue weighted by Crippen LogP contribution is 2.46. The second-order valence-electron chi connectivity index (χ2n) is 5.68. The van der Waals surface area contributed by atoms with Crippen LogP contribution in [0.3, 0.4) is 0 Å². The summed E-state index contributed by atoms with van der Waals surface area (Å²) in [5, 5.41) is 7.96. The van der Waals surface area contributed by atoms with E-state index in [9.17, 15) is 4.79 Å². The number of carboxylic acid groups (broad SMARTS) is 1. The summed E-state index contributed by atoms with van der Waals surface area (Å²) in [6.45, 7) is 1.22. The number of likely N-dealkylation sites (tertiary alicyclic amines) is 1. The molecule has 0 bridgehead atoms. The van der Waals surface area contributed by atoms with Gasteiger partial charge in [-0.15, -0.1) is 0 Å². The second-order valence-corrected chi connectivity index (χ2v) is 7.56. The van der Waals surface area contributed by atoms with Crippen LogP contribution in [-0.4, -0.2) is 34.6 Å². The van der Waals surface area contributed by atoms with Gasteiger partial charge in [0.25, 0.3) is 0 Å². The van der Waals surface area contributed by atoms with E-state index >= 15 is 0 Å². The van der Waals surface area contributed by atoms with E-state index in [1.54, 1.807) is 0 Å². The quantitative estimate of drug-likeness (QED) is 0.571. The number of aliphatic carboxylic acids is 1. The Kier molecular flexibility index (Phi) is 7.83. The Balaban J connectivity index is 0.000000189. The topological polar surface area (TPSA) is 53.4 Å². The summed E-state index contributed by atoms with van der Waals surface area (Å²) in [5.74, 6) is -1.35. The second kappa shape index (κ2) is 9.45. The summed E-state index contributed by atoms with van der Waals surface area (Å²) in [5.41, 5.74) is 1.30. The lowest BCUT2D eigenvalue weighted by atomic mass is 10.1. The first-order valence-electron chi connectivity index (χ1n) is 7.60. The molecule has 1 saturated heterocycles. The van der Waals surface area contributed by atoms with Crippen molar-refractivity contribution in [2.75, 3.05) is 13.6 Å². The van der Waals surface area contributed by atoms with E-state index in [4.69, 9.17) is 63.1 Å². The summed E-state index contributed by atoms with van der Waals surface area (Å²) >= 11 is 28.1. The number of allylic oxidation sites excluding steroid dienone is 5. The van der Waals surface area contributed by atoms with Crippen LogP contribution < -0.4 is 0 Å². The maximum atomic E-state index is 10.6. The first-order valence-corrected chi connectivity index (χ1v) is 9.49. The average Bonchev–Trinajstić information content (AvgIpc) is 3.14. The number of hydrogen-bond donors (Lipinski definition) is 1. The van der Waals surface area contributed by atoms with Crippen molar-refractivity contribution in [3.63, 3.8) is 0 Å². The van der Waals surface area contributed by atoms with Crippen molar-refractivity contribution in [1.82, 2.24) is 9.88 Å². The fourth-order valence-corrected chi connectivity index (χ4v) is 4.09. The van der Waals surface area contributed by atoms with Crippen LogP contribution in [-0.2, 0) is 4.79 Å². The highest BCUT2D eigenvalue weighted by molar-refractivity contribution is 6.56. The van der Waals surface area contributed by atoms with Crippen LogP contribution in [0.2, 0.25) is 0 Å². The molecule has 26 heavy (non-hydrogen) atoms. The molecule has 2 aliphatic rings. The van der Waals surface area contributed by atoms with Crippen molar-refractivity contribution in [2.45, 2.75) is 18.9 Å². The Bertz CT molecular complexity index is 764. The van der Waals surface area contributed by atoms with Gasteiger partial charge in [-0.2, -0.15) is 0 Å².